The Bertz CT molecular complexity index is 674. The topological polar surface area (TPSA) is 80.0 Å². The number of carbonyl (C=O) groups excluding carboxylic acids is 1. The van der Waals surface area contributed by atoms with Crippen LogP contribution in [0.4, 0.5) is 0 Å². The van der Waals surface area contributed by atoms with Gasteiger partial charge in [0.2, 0.25) is 0 Å². The molecule has 0 saturated heterocycles. The zero-order chi connectivity index (χ0) is 17.0. The molecule has 0 aromatic carbocycles. The summed E-state index contributed by atoms with van der Waals surface area (Å²) in [6.07, 6.45) is 4.50. The molecule has 0 atom stereocenters. The molecule has 6 nitrogen and oxygen atoms in total. The molecule has 0 aliphatic rings. The summed E-state index contributed by atoms with van der Waals surface area (Å²) in [5, 5.41) is 18.2. The van der Waals surface area contributed by atoms with Gasteiger partial charge in [-0.15, -0.1) is 0 Å². The second-order valence-electron chi connectivity index (χ2n) is 6.47. The van der Waals surface area contributed by atoms with Gasteiger partial charge in [0.1, 0.15) is 0 Å². The minimum Gasteiger partial charge on any atom is -0.388 e. The van der Waals surface area contributed by atoms with Crippen molar-refractivity contribution in [1.82, 2.24) is 20.1 Å². The summed E-state index contributed by atoms with van der Waals surface area (Å²) < 4.78 is 1.86. The first-order chi connectivity index (χ1) is 10.9. The summed E-state index contributed by atoms with van der Waals surface area (Å²) in [7, 11) is 0. The molecule has 2 aromatic heterocycles. The maximum Gasteiger partial charge on any atom is 0.252 e. The van der Waals surface area contributed by atoms with Crippen LogP contribution in [0.5, 0.6) is 0 Å². The van der Waals surface area contributed by atoms with Gasteiger partial charge in [0, 0.05) is 24.7 Å². The van der Waals surface area contributed by atoms with E-state index in [0.29, 0.717) is 24.3 Å². The number of nitrogens with zero attached hydrogens (tertiary/aromatic N) is 3. The maximum absolute atomic E-state index is 12.3. The van der Waals surface area contributed by atoms with E-state index in [1.165, 1.54) is 0 Å². The monoisotopic (exact) mass is 318 g/mol. The van der Waals surface area contributed by atoms with Gasteiger partial charge in [-0.3, -0.25) is 4.79 Å². The molecular formula is C17H26N4O2. The molecule has 2 aromatic rings. The zero-order valence-corrected chi connectivity index (χ0v) is 14.3. The highest BCUT2D eigenvalue weighted by atomic mass is 16.3. The molecule has 6 heteroatoms. The van der Waals surface area contributed by atoms with Crippen molar-refractivity contribution < 1.29 is 9.90 Å². The van der Waals surface area contributed by atoms with Crippen LogP contribution >= 0.6 is 0 Å². The van der Waals surface area contributed by atoms with Gasteiger partial charge in [0.05, 0.1) is 17.4 Å². The van der Waals surface area contributed by atoms with E-state index >= 15 is 0 Å². The lowest BCUT2D eigenvalue weighted by Gasteiger charge is -2.25. The fraction of sp³-hybridized carbons (Fsp3) is 0.588. The third kappa shape index (κ3) is 4.07. The average Bonchev–Trinajstić information content (AvgIpc) is 2.93. The largest absolute Gasteiger partial charge is 0.388 e. The Morgan fingerprint density at radius 2 is 2.04 bits per heavy atom. The molecule has 2 N–H and O–H groups in total. The van der Waals surface area contributed by atoms with Crippen molar-refractivity contribution in [3.05, 3.63) is 24.0 Å². The van der Waals surface area contributed by atoms with Gasteiger partial charge in [-0.2, -0.15) is 5.10 Å². The van der Waals surface area contributed by atoms with E-state index in [9.17, 15) is 9.90 Å². The van der Waals surface area contributed by atoms with Gasteiger partial charge in [-0.1, -0.05) is 27.7 Å². The van der Waals surface area contributed by atoms with Crippen molar-refractivity contribution in [2.24, 2.45) is 5.92 Å². The second kappa shape index (κ2) is 7.08. The Hall–Kier alpha value is -1.95. The molecule has 126 valence electrons. The van der Waals surface area contributed by atoms with E-state index in [1.54, 1.807) is 18.5 Å². The molecule has 0 bridgehead atoms. The third-order valence-corrected chi connectivity index (χ3v) is 4.17. The number of amides is 1. The summed E-state index contributed by atoms with van der Waals surface area (Å²) in [6.45, 7) is 9.10. The zero-order valence-electron chi connectivity index (χ0n) is 14.3. The van der Waals surface area contributed by atoms with Crippen molar-refractivity contribution in [2.45, 2.75) is 52.7 Å². The molecule has 1 amide bonds. The number of carbonyl (C=O) groups is 1. The number of aromatic nitrogens is 3. The summed E-state index contributed by atoms with van der Waals surface area (Å²) in [4.78, 5) is 16.6. The molecule has 0 fully saturated rings. The first kappa shape index (κ1) is 17.4. The molecule has 0 radical (unpaired) electrons. The van der Waals surface area contributed by atoms with Crippen LogP contribution in [0, 0.1) is 5.92 Å². The summed E-state index contributed by atoms with van der Waals surface area (Å²) in [5.74, 6) is 0.250. The highest BCUT2D eigenvalue weighted by molar-refractivity contribution is 5.96. The molecule has 0 saturated carbocycles. The van der Waals surface area contributed by atoms with Crippen molar-refractivity contribution >= 4 is 16.9 Å². The first-order valence-electron chi connectivity index (χ1n) is 8.20. The standard InChI is InChI=1S/C17H26N4O2/c1-5-17(23,6-2)11-19-16(22)14-7-13-9-20-21(10-12(3)4)15(13)18-8-14/h7-9,12,23H,5-6,10-11H2,1-4H3,(H,19,22). The van der Waals surface area contributed by atoms with Crippen LogP contribution in [-0.2, 0) is 6.54 Å². The van der Waals surface area contributed by atoms with Crippen molar-refractivity contribution in [2.75, 3.05) is 6.54 Å². The number of rotatable bonds is 7. The summed E-state index contributed by atoms with van der Waals surface area (Å²) in [6, 6.07) is 1.79. The highest BCUT2D eigenvalue weighted by Gasteiger charge is 2.23. The van der Waals surface area contributed by atoms with Gasteiger partial charge in [-0.05, 0) is 24.8 Å². The number of aliphatic hydroxyl groups is 1. The SMILES string of the molecule is CCC(O)(CC)CNC(=O)c1cnc2c(cnn2CC(C)C)c1. The first-order valence-corrected chi connectivity index (χ1v) is 8.20. The average molecular weight is 318 g/mol. The molecule has 0 unspecified atom stereocenters. The van der Waals surface area contributed by atoms with E-state index < -0.39 is 5.60 Å². The number of pyridine rings is 1. The van der Waals surface area contributed by atoms with E-state index in [0.717, 1.165) is 17.6 Å². The predicted molar refractivity (Wildman–Crippen MR) is 90.2 cm³/mol. The molecule has 0 aliphatic carbocycles. The quantitative estimate of drug-likeness (QED) is 0.821. The minimum atomic E-state index is -0.852. The molecular weight excluding hydrogens is 292 g/mol. The van der Waals surface area contributed by atoms with E-state index in [2.05, 4.69) is 29.2 Å². The minimum absolute atomic E-state index is 0.226. The van der Waals surface area contributed by atoms with E-state index in [-0.39, 0.29) is 12.5 Å². The van der Waals surface area contributed by atoms with Crippen LogP contribution < -0.4 is 5.32 Å². The summed E-state index contributed by atoms with van der Waals surface area (Å²) in [5.41, 5.74) is 0.417. The van der Waals surface area contributed by atoms with Gasteiger partial charge >= 0.3 is 0 Å². The Morgan fingerprint density at radius 1 is 1.35 bits per heavy atom. The lowest BCUT2D eigenvalue weighted by atomic mass is 9.97. The van der Waals surface area contributed by atoms with Crippen LogP contribution in [0.15, 0.2) is 18.5 Å². The third-order valence-electron chi connectivity index (χ3n) is 4.17. The Kier molecular flexibility index (Phi) is 5.36. The Morgan fingerprint density at radius 3 is 2.65 bits per heavy atom. The fourth-order valence-corrected chi connectivity index (χ4v) is 2.42. The molecule has 2 rings (SSSR count). The molecule has 0 aliphatic heterocycles. The van der Waals surface area contributed by atoms with Crippen molar-refractivity contribution in [3.63, 3.8) is 0 Å². The maximum atomic E-state index is 12.3. The smallest absolute Gasteiger partial charge is 0.252 e. The predicted octanol–water partition coefficient (Wildman–Crippen LogP) is 2.37. The Balaban J connectivity index is 2.13. The second-order valence-corrected chi connectivity index (χ2v) is 6.47. The van der Waals surface area contributed by atoms with Gasteiger partial charge in [0.15, 0.2) is 5.65 Å². The molecule has 2 heterocycles. The number of hydrogen-bond acceptors (Lipinski definition) is 4. The lowest BCUT2D eigenvalue weighted by Crippen LogP contribution is -2.42. The van der Waals surface area contributed by atoms with Gasteiger partial charge < -0.3 is 10.4 Å². The van der Waals surface area contributed by atoms with Crippen molar-refractivity contribution in [3.8, 4) is 0 Å². The van der Waals surface area contributed by atoms with Crippen LogP contribution in [-0.4, -0.2) is 37.9 Å². The molecule has 23 heavy (non-hydrogen) atoms. The normalized spacial score (nSPS) is 12.1. The Labute approximate surface area is 136 Å². The number of nitrogens with one attached hydrogen (secondary N) is 1. The van der Waals surface area contributed by atoms with E-state index in [4.69, 9.17) is 0 Å². The van der Waals surface area contributed by atoms with Crippen LogP contribution in [0.2, 0.25) is 0 Å². The highest BCUT2D eigenvalue weighted by Crippen LogP contribution is 2.16. The van der Waals surface area contributed by atoms with Crippen LogP contribution in [0.3, 0.4) is 0 Å². The van der Waals surface area contributed by atoms with Gasteiger partial charge in [-0.25, -0.2) is 9.67 Å². The van der Waals surface area contributed by atoms with Crippen LogP contribution in [0.1, 0.15) is 50.9 Å². The van der Waals surface area contributed by atoms with Gasteiger partial charge in [0.25, 0.3) is 5.91 Å². The summed E-state index contributed by atoms with van der Waals surface area (Å²) >= 11 is 0. The van der Waals surface area contributed by atoms with E-state index in [1.807, 2.05) is 18.5 Å². The fourth-order valence-electron chi connectivity index (χ4n) is 2.42. The van der Waals surface area contributed by atoms with Crippen molar-refractivity contribution in [1.29, 1.82) is 0 Å². The number of fused-ring (bicyclic) bond motifs is 1. The van der Waals surface area contributed by atoms with Crippen LogP contribution in [0.25, 0.3) is 11.0 Å². The number of hydrogen-bond donors (Lipinski definition) is 2. The molecule has 0 spiro atoms. The lowest BCUT2D eigenvalue weighted by molar-refractivity contribution is 0.0314.